The number of furan rings is 1. The zero-order chi connectivity index (χ0) is 12.8. The second-order valence-corrected chi connectivity index (χ2v) is 3.19. The number of hydrogen-bond acceptors (Lipinski definition) is 6. The molecule has 0 aliphatic heterocycles. The molecule has 0 fully saturated rings. The first-order valence-corrected chi connectivity index (χ1v) is 5.03. The maximum atomic E-state index is 11.8. The highest BCUT2D eigenvalue weighted by atomic mass is 16.3. The van der Waals surface area contributed by atoms with Crippen molar-refractivity contribution in [3.05, 3.63) is 54.4 Å². The summed E-state index contributed by atoms with van der Waals surface area (Å²) < 4.78 is 4.93. The highest BCUT2D eigenvalue weighted by molar-refractivity contribution is 6.09. The van der Waals surface area contributed by atoms with Crippen LogP contribution in [0.5, 0.6) is 0 Å². The molecular weight excluding hydrogens is 232 g/mol. The van der Waals surface area contributed by atoms with Gasteiger partial charge in [0.15, 0.2) is 5.76 Å². The van der Waals surface area contributed by atoms with Crippen LogP contribution < -0.4 is 5.32 Å². The van der Waals surface area contributed by atoms with Crippen molar-refractivity contribution in [2.24, 2.45) is 0 Å². The Kier molecular flexibility index (Phi) is 3.47. The van der Waals surface area contributed by atoms with Crippen LogP contribution in [0, 0.1) is 11.3 Å². The molecule has 0 unspecified atom stereocenters. The third-order valence-electron chi connectivity index (χ3n) is 2.02. The van der Waals surface area contributed by atoms with Crippen LogP contribution in [0.1, 0.15) is 10.6 Å². The number of carbonyl (C=O) groups is 1. The molecular formula is C12H8N4O2. The van der Waals surface area contributed by atoms with Crippen LogP contribution in [-0.4, -0.2) is 15.8 Å². The van der Waals surface area contributed by atoms with Gasteiger partial charge in [-0.05, 0) is 18.2 Å². The molecule has 0 saturated carbocycles. The molecule has 88 valence electrons. The summed E-state index contributed by atoms with van der Waals surface area (Å²) in [5.74, 6) is -0.0815. The summed E-state index contributed by atoms with van der Waals surface area (Å²) in [5.41, 5.74) is -0.0857. The summed E-state index contributed by atoms with van der Waals surface area (Å²) in [7, 11) is 0. The third kappa shape index (κ3) is 2.59. The molecule has 1 N–H and O–H groups in total. The lowest BCUT2D eigenvalue weighted by molar-refractivity contribution is 0.101. The van der Waals surface area contributed by atoms with Crippen LogP contribution in [-0.2, 0) is 0 Å². The van der Waals surface area contributed by atoms with E-state index < -0.39 is 5.78 Å². The van der Waals surface area contributed by atoms with E-state index in [1.165, 1.54) is 18.5 Å². The minimum Gasteiger partial charge on any atom is -0.461 e. The number of nitriles is 1. The number of Topliss-reactive ketones (excluding diaryl/α,β-unsaturated/α-hetero) is 1. The number of nitrogens with one attached hydrogen (secondary N) is 1. The first-order chi connectivity index (χ1) is 8.81. The van der Waals surface area contributed by atoms with E-state index in [1.54, 1.807) is 30.6 Å². The molecule has 0 radical (unpaired) electrons. The normalized spacial score (nSPS) is 10.7. The molecule has 18 heavy (non-hydrogen) atoms. The van der Waals surface area contributed by atoms with Gasteiger partial charge in [0.1, 0.15) is 11.6 Å². The Labute approximate surface area is 103 Å². The lowest BCUT2D eigenvalue weighted by atomic mass is 10.1. The summed E-state index contributed by atoms with van der Waals surface area (Å²) >= 11 is 0. The fourth-order valence-electron chi connectivity index (χ4n) is 1.20. The van der Waals surface area contributed by atoms with Gasteiger partial charge in [-0.2, -0.15) is 5.26 Å². The third-order valence-corrected chi connectivity index (χ3v) is 2.02. The second-order valence-electron chi connectivity index (χ2n) is 3.19. The van der Waals surface area contributed by atoms with Crippen molar-refractivity contribution in [1.29, 1.82) is 5.26 Å². The van der Waals surface area contributed by atoms with Crippen molar-refractivity contribution < 1.29 is 9.21 Å². The Morgan fingerprint density at radius 3 is 2.78 bits per heavy atom. The fourth-order valence-corrected chi connectivity index (χ4v) is 1.20. The average Bonchev–Trinajstić information content (AvgIpc) is 2.94. The van der Waals surface area contributed by atoms with Crippen LogP contribution in [0.2, 0.25) is 0 Å². The Morgan fingerprint density at radius 2 is 2.17 bits per heavy atom. The average molecular weight is 240 g/mol. The molecule has 2 aromatic rings. The molecule has 2 heterocycles. The Hall–Kier alpha value is -2.94. The predicted molar refractivity (Wildman–Crippen MR) is 62.4 cm³/mol. The summed E-state index contributed by atoms with van der Waals surface area (Å²) in [4.78, 5) is 19.6. The number of hydrogen-bond donors (Lipinski definition) is 1. The van der Waals surface area contributed by atoms with Gasteiger partial charge in [-0.1, -0.05) is 0 Å². The number of nitrogens with zero attached hydrogens (tertiary/aromatic N) is 3. The standard InChI is InChI=1S/C12H8N4O2/c13-7-9(11(17)10-3-1-6-18-10)8-16-12-14-4-2-5-15-12/h1-6,8H,(H,14,15,16). The number of carbonyl (C=O) groups excluding carboxylic acids is 1. The Balaban J connectivity index is 2.15. The summed E-state index contributed by atoms with van der Waals surface area (Å²) in [6, 6.07) is 6.53. The molecule has 0 spiro atoms. The monoisotopic (exact) mass is 240 g/mol. The molecule has 0 aromatic carbocycles. The highest BCUT2D eigenvalue weighted by Gasteiger charge is 2.14. The SMILES string of the molecule is N#CC(=CNc1ncccn1)C(=O)c1ccco1. The molecule has 0 bridgehead atoms. The smallest absolute Gasteiger partial charge is 0.240 e. The van der Waals surface area contributed by atoms with Crippen molar-refractivity contribution in [3.63, 3.8) is 0 Å². The molecule has 0 aliphatic carbocycles. The molecule has 0 atom stereocenters. The summed E-state index contributed by atoms with van der Waals surface area (Å²) in [6.45, 7) is 0. The van der Waals surface area contributed by atoms with Crippen molar-refractivity contribution in [2.75, 3.05) is 5.32 Å². The van der Waals surface area contributed by atoms with E-state index in [9.17, 15) is 4.79 Å². The number of anilines is 1. The molecule has 0 saturated heterocycles. The lowest BCUT2D eigenvalue weighted by Crippen LogP contribution is -2.04. The molecule has 0 aliphatic rings. The van der Waals surface area contributed by atoms with Crippen molar-refractivity contribution in [1.82, 2.24) is 9.97 Å². The van der Waals surface area contributed by atoms with Crippen LogP contribution in [0.4, 0.5) is 5.95 Å². The predicted octanol–water partition coefficient (Wildman–Crippen LogP) is 1.77. The zero-order valence-corrected chi connectivity index (χ0v) is 9.20. The Bertz CT molecular complexity index is 597. The number of allylic oxidation sites excluding steroid dienone is 1. The van der Waals surface area contributed by atoms with Crippen molar-refractivity contribution in [2.45, 2.75) is 0 Å². The summed E-state index contributed by atoms with van der Waals surface area (Å²) in [5, 5.41) is 11.6. The van der Waals surface area contributed by atoms with Gasteiger partial charge in [0.05, 0.1) is 6.26 Å². The largest absolute Gasteiger partial charge is 0.461 e. The Morgan fingerprint density at radius 1 is 1.39 bits per heavy atom. The number of ketones is 1. The van der Waals surface area contributed by atoms with Gasteiger partial charge in [0, 0.05) is 18.6 Å². The minimum absolute atomic E-state index is 0.0857. The first kappa shape index (κ1) is 11.5. The van der Waals surface area contributed by atoms with Gasteiger partial charge in [-0.25, -0.2) is 9.97 Å². The topological polar surface area (TPSA) is 91.8 Å². The van der Waals surface area contributed by atoms with Crippen LogP contribution in [0.3, 0.4) is 0 Å². The van der Waals surface area contributed by atoms with E-state index in [0.717, 1.165) is 0 Å². The second kappa shape index (κ2) is 5.41. The molecule has 2 rings (SSSR count). The molecule has 6 nitrogen and oxygen atoms in total. The van der Waals surface area contributed by atoms with Crippen molar-refractivity contribution in [3.8, 4) is 6.07 Å². The molecule has 6 heteroatoms. The molecule has 2 aromatic heterocycles. The van der Waals surface area contributed by atoms with Gasteiger partial charge in [0.25, 0.3) is 0 Å². The van der Waals surface area contributed by atoms with E-state index in [1.807, 2.05) is 0 Å². The van der Waals surface area contributed by atoms with E-state index in [0.29, 0.717) is 5.95 Å². The van der Waals surface area contributed by atoms with Gasteiger partial charge < -0.3 is 9.73 Å². The maximum Gasteiger partial charge on any atom is 0.240 e. The fraction of sp³-hybridized carbons (Fsp3) is 0. The van der Waals surface area contributed by atoms with Gasteiger partial charge in [0.2, 0.25) is 11.7 Å². The van der Waals surface area contributed by atoms with Crippen LogP contribution in [0.25, 0.3) is 0 Å². The van der Waals surface area contributed by atoms with Gasteiger partial charge in [-0.3, -0.25) is 4.79 Å². The van der Waals surface area contributed by atoms with Gasteiger partial charge >= 0.3 is 0 Å². The van der Waals surface area contributed by atoms with Gasteiger partial charge in [-0.15, -0.1) is 0 Å². The van der Waals surface area contributed by atoms with E-state index >= 15 is 0 Å². The zero-order valence-electron chi connectivity index (χ0n) is 9.20. The van der Waals surface area contributed by atoms with Crippen LogP contribution in [0.15, 0.2) is 53.0 Å². The quantitative estimate of drug-likeness (QED) is 0.497. The number of aromatic nitrogens is 2. The first-order valence-electron chi connectivity index (χ1n) is 5.03. The van der Waals surface area contributed by atoms with E-state index in [4.69, 9.17) is 9.68 Å². The lowest BCUT2D eigenvalue weighted by Gasteiger charge is -1.98. The van der Waals surface area contributed by atoms with E-state index in [-0.39, 0.29) is 11.3 Å². The van der Waals surface area contributed by atoms with Crippen molar-refractivity contribution >= 4 is 11.7 Å². The molecule has 0 amide bonds. The summed E-state index contributed by atoms with van der Waals surface area (Å²) in [6.07, 6.45) is 5.71. The number of rotatable bonds is 4. The maximum absolute atomic E-state index is 11.8. The van der Waals surface area contributed by atoms with E-state index in [2.05, 4.69) is 15.3 Å². The highest BCUT2D eigenvalue weighted by Crippen LogP contribution is 2.08. The minimum atomic E-state index is -0.495. The van der Waals surface area contributed by atoms with Crippen LogP contribution >= 0.6 is 0 Å².